The smallest absolute Gasteiger partial charge is 0.295 e. The van der Waals surface area contributed by atoms with Crippen molar-refractivity contribution in [3.63, 3.8) is 0 Å². The molecule has 0 unspecified atom stereocenters. The van der Waals surface area contributed by atoms with Crippen molar-refractivity contribution in [3.05, 3.63) is 27.8 Å². The van der Waals surface area contributed by atoms with Gasteiger partial charge in [0.25, 0.3) is 5.69 Å². The fourth-order valence-electron chi connectivity index (χ4n) is 3.13. The van der Waals surface area contributed by atoms with Crippen LogP contribution in [0.5, 0.6) is 0 Å². The molecule has 1 aliphatic carbocycles. The van der Waals surface area contributed by atoms with E-state index in [0.717, 1.165) is 25.7 Å². The first-order valence-electron chi connectivity index (χ1n) is 5.94. The lowest BCUT2D eigenvalue weighted by Gasteiger charge is -2.20. The van der Waals surface area contributed by atoms with Crippen molar-refractivity contribution >= 4 is 23.0 Å². The van der Waals surface area contributed by atoms with Gasteiger partial charge in [-0.05, 0) is 18.9 Å². The number of carbonyl (C=O) groups excluding carboxylic acids is 1. The Kier molecular flexibility index (Phi) is 2.10. The second-order valence-corrected chi connectivity index (χ2v) is 4.96. The number of benzene rings is 1. The summed E-state index contributed by atoms with van der Waals surface area (Å²) in [7, 11) is 0. The Hall–Kier alpha value is -2.11. The number of nitro groups is 1. The van der Waals surface area contributed by atoms with E-state index in [9.17, 15) is 14.9 Å². The number of nitro benzene ring substituents is 1. The van der Waals surface area contributed by atoms with Gasteiger partial charge >= 0.3 is 0 Å². The van der Waals surface area contributed by atoms with E-state index in [0.29, 0.717) is 16.9 Å². The van der Waals surface area contributed by atoms with Gasteiger partial charge in [0.05, 0.1) is 10.3 Å². The molecule has 1 aromatic rings. The van der Waals surface area contributed by atoms with Crippen LogP contribution in [0.2, 0.25) is 0 Å². The number of nitrogen functional groups attached to an aromatic ring is 1. The van der Waals surface area contributed by atoms with Crippen molar-refractivity contribution in [3.8, 4) is 0 Å². The van der Waals surface area contributed by atoms with E-state index >= 15 is 0 Å². The Balaban J connectivity index is 2.25. The lowest BCUT2D eigenvalue weighted by molar-refractivity contribution is -0.383. The molecule has 0 radical (unpaired) electrons. The average Bonchev–Trinajstić information content (AvgIpc) is 2.89. The van der Waals surface area contributed by atoms with Gasteiger partial charge in [-0.25, -0.2) is 0 Å². The number of nitrogens with one attached hydrogen (secondary N) is 1. The second-order valence-electron chi connectivity index (χ2n) is 4.96. The van der Waals surface area contributed by atoms with Crippen molar-refractivity contribution in [2.24, 2.45) is 0 Å². The Labute approximate surface area is 103 Å². The number of anilines is 2. The highest BCUT2D eigenvalue weighted by molar-refractivity contribution is 6.09. The van der Waals surface area contributed by atoms with E-state index in [1.807, 2.05) is 0 Å². The van der Waals surface area contributed by atoms with Gasteiger partial charge in [0.15, 0.2) is 0 Å². The molecule has 0 aromatic heterocycles. The van der Waals surface area contributed by atoms with E-state index in [2.05, 4.69) is 5.32 Å². The van der Waals surface area contributed by atoms with Crippen LogP contribution in [0.1, 0.15) is 31.2 Å². The fourth-order valence-corrected chi connectivity index (χ4v) is 3.13. The van der Waals surface area contributed by atoms with Gasteiger partial charge in [-0.1, -0.05) is 12.8 Å². The van der Waals surface area contributed by atoms with Crippen LogP contribution in [0, 0.1) is 10.1 Å². The van der Waals surface area contributed by atoms with Gasteiger partial charge in [0.2, 0.25) is 5.91 Å². The predicted molar refractivity (Wildman–Crippen MR) is 66.3 cm³/mol. The normalized spacial score (nSPS) is 19.9. The highest BCUT2D eigenvalue weighted by atomic mass is 16.6. The summed E-state index contributed by atoms with van der Waals surface area (Å²) >= 11 is 0. The lowest BCUT2D eigenvalue weighted by Crippen LogP contribution is -2.30. The highest BCUT2D eigenvalue weighted by Crippen LogP contribution is 2.51. The molecular weight excluding hydrogens is 234 g/mol. The van der Waals surface area contributed by atoms with Crippen molar-refractivity contribution in [2.75, 3.05) is 11.1 Å². The average molecular weight is 247 g/mol. The third-order valence-corrected chi connectivity index (χ3v) is 3.98. The molecule has 1 spiro atoms. The molecule has 1 amide bonds. The van der Waals surface area contributed by atoms with Crippen molar-refractivity contribution in [1.29, 1.82) is 0 Å². The van der Waals surface area contributed by atoms with Gasteiger partial charge < -0.3 is 11.1 Å². The molecular formula is C12H13N3O3. The summed E-state index contributed by atoms with van der Waals surface area (Å²) in [5.74, 6) is -0.122. The zero-order valence-corrected chi connectivity index (χ0v) is 9.73. The molecule has 3 N–H and O–H groups in total. The number of hydrogen-bond donors (Lipinski definition) is 2. The minimum Gasteiger partial charge on any atom is -0.399 e. The SMILES string of the molecule is Nc1cc([N+](=O)[O-])c2c(c1)C1(CCCC1)C(=O)N2. The predicted octanol–water partition coefficient (Wildman–Crippen LogP) is 1.94. The summed E-state index contributed by atoms with van der Waals surface area (Å²) in [6.45, 7) is 0. The Morgan fingerprint density at radius 1 is 1.33 bits per heavy atom. The third-order valence-electron chi connectivity index (χ3n) is 3.98. The third kappa shape index (κ3) is 1.25. The summed E-state index contributed by atoms with van der Waals surface area (Å²) in [6, 6.07) is 3.00. The molecule has 1 fully saturated rings. The Morgan fingerprint density at radius 3 is 2.61 bits per heavy atom. The number of rotatable bonds is 1. The zero-order chi connectivity index (χ0) is 12.9. The van der Waals surface area contributed by atoms with Crippen LogP contribution >= 0.6 is 0 Å². The fraction of sp³-hybridized carbons (Fsp3) is 0.417. The van der Waals surface area contributed by atoms with Crippen LogP contribution in [-0.4, -0.2) is 10.8 Å². The maximum absolute atomic E-state index is 12.2. The largest absolute Gasteiger partial charge is 0.399 e. The van der Waals surface area contributed by atoms with Gasteiger partial charge in [0.1, 0.15) is 5.69 Å². The van der Waals surface area contributed by atoms with E-state index in [-0.39, 0.29) is 11.6 Å². The van der Waals surface area contributed by atoms with Crippen LogP contribution < -0.4 is 11.1 Å². The number of fused-ring (bicyclic) bond motifs is 2. The van der Waals surface area contributed by atoms with Crippen LogP contribution in [-0.2, 0) is 10.2 Å². The number of carbonyl (C=O) groups is 1. The zero-order valence-electron chi connectivity index (χ0n) is 9.73. The monoisotopic (exact) mass is 247 g/mol. The quantitative estimate of drug-likeness (QED) is 0.450. The summed E-state index contributed by atoms with van der Waals surface area (Å²) in [5.41, 5.74) is 6.40. The Morgan fingerprint density at radius 2 is 2.00 bits per heavy atom. The molecule has 18 heavy (non-hydrogen) atoms. The van der Waals surface area contributed by atoms with E-state index in [4.69, 9.17) is 5.73 Å². The first-order chi connectivity index (χ1) is 8.54. The summed E-state index contributed by atoms with van der Waals surface area (Å²) in [6.07, 6.45) is 3.42. The topological polar surface area (TPSA) is 98.3 Å². The van der Waals surface area contributed by atoms with E-state index in [1.165, 1.54) is 6.07 Å². The number of nitrogens with two attached hydrogens (primary N) is 1. The summed E-state index contributed by atoms with van der Waals surface area (Å²) in [5, 5.41) is 13.7. The molecule has 0 bridgehead atoms. The molecule has 0 saturated heterocycles. The summed E-state index contributed by atoms with van der Waals surface area (Å²) in [4.78, 5) is 22.7. The standard InChI is InChI=1S/C12H13N3O3/c13-7-5-8-10(9(6-7)15(17)18)14-11(16)12(8)3-1-2-4-12/h5-6H,1-4,13H2,(H,14,16). The molecule has 1 saturated carbocycles. The van der Waals surface area contributed by atoms with E-state index < -0.39 is 10.3 Å². The number of nitrogens with zero attached hydrogens (tertiary/aromatic N) is 1. The maximum atomic E-state index is 12.2. The summed E-state index contributed by atoms with van der Waals surface area (Å²) < 4.78 is 0. The van der Waals surface area contributed by atoms with Crippen LogP contribution in [0.4, 0.5) is 17.1 Å². The number of hydrogen-bond acceptors (Lipinski definition) is 4. The maximum Gasteiger partial charge on any atom is 0.295 e. The van der Waals surface area contributed by atoms with Gasteiger partial charge in [-0.15, -0.1) is 0 Å². The lowest BCUT2D eigenvalue weighted by atomic mass is 9.80. The molecule has 6 heteroatoms. The Bertz CT molecular complexity index is 562. The molecule has 94 valence electrons. The minimum absolute atomic E-state index is 0.109. The van der Waals surface area contributed by atoms with Gasteiger partial charge in [-0.3, -0.25) is 14.9 Å². The van der Waals surface area contributed by atoms with Crippen LogP contribution in [0.3, 0.4) is 0 Å². The van der Waals surface area contributed by atoms with Gasteiger partial charge in [0, 0.05) is 17.3 Å². The van der Waals surface area contributed by atoms with Crippen LogP contribution in [0.25, 0.3) is 0 Å². The second kappa shape index (κ2) is 3.44. The van der Waals surface area contributed by atoms with Gasteiger partial charge in [-0.2, -0.15) is 0 Å². The molecule has 2 aliphatic rings. The van der Waals surface area contributed by atoms with Crippen LogP contribution in [0.15, 0.2) is 12.1 Å². The van der Waals surface area contributed by atoms with Crippen molar-refractivity contribution in [2.45, 2.75) is 31.1 Å². The molecule has 1 aliphatic heterocycles. The minimum atomic E-state index is -0.588. The first-order valence-corrected chi connectivity index (χ1v) is 5.94. The van der Waals surface area contributed by atoms with Crippen molar-refractivity contribution in [1.82, 2.24) is 0 Å². The molecule has 0 atom stereocenters. The van der Waals surface area contributed by atoms with E-state index in [1.54, 1.807) is 6.07 Å². The number of amides is 1. The molecule has 6 nitrogen and oxygen atoms in total. The van der Waals surface area contributed by atoms with Crippen molar-refractivity contribution < 1.29 is 9.72 Å². The molecule has 1 heterocycles. The molecule has 3 rings (SSSR count). The first kappa shape index (κ1) is 11.0. The highest BCUT2D eigenvalue weighted by Gasteiger charge is 2.50. The molecule has 1 aromatic carbocycles.